The van der Waals surface area contributed by atoms with Gasteiger partial charge in [0.2, 0.25) is 5.91 Å². The van der Waals surface area contributed by atoms with Gasteiger partial charge in [0, 0.05) is 31.2 Å². The fourth-order valence-electron chi connectivity index (χ4n) is 5.43. The number of unbranched alkanes of at least 4 members (excludes halogenated alkanes) is 12. The SMILES string of the molecule is CCCCCCCCCCCCCCCC(=O)NC(CCC(=O)OC(C)(C)C)(CCC(=O)OC(C)(C)C)CCC(=O)OC(C)(C)C. The van der Waals surface area contributed by atoms with Gasteiger partial charge in [-0.05, 0) is 88.0 Å². The van der Waals surface area contributed by atoms with E-state index in [2.05, 4.69) is 12.2 Å². The first-order valence-corrected chi connectivity index (χ1v) is 18.2. The molecule has 0 heterocycles. The third-order valence-electron chi connectivity index (χ3n) is 7.60. The Bertz CT molecular complexity index is 798. The third kappa shape index (κ3) is 27.0. The molecule has 0 aromatic rings. The number of amides is 1. The molecule has 0 bridgehead atoms. The van der Waals surface area contributed by atoms with E-state index in [9.17, 15) is 19.2 Å². The minimum Gasteiger partial charge on any atom is -0.460 e. The summed E-state index contributed by atoms with van der Waals surface area (Å²) in [7, 11) is 0. The Kier molecular flexibility index (Phi) is 21.4. The molecule has 0 aromatic heterocycles. The molecule has 0 aliphatic carbocycles. The van der Waals surface area contributed by atoms with Gasteiger partial charge in [0.25, 0.3) is 0 Å². The van der Waals surface area contributed by atoms with Crippen molar-refractivity contribution >= 4 is 23.8 Å². The second-order valence-electron chi connectivity index (χ2n) is 16.1. The molecule has 0 aliphatic heterocycles. The molecule has 270 valence electrons. The van der Waals surface area contributed by atoms with E-state index >= 15 is 0 Å². The number of hydrogen-bond acceptors (Lipinski definition) is 7. The highest BCUT2D eigenvalue weighted by Crippen LogP contribution is 2.29. The van der Waals surface area contributed by atoms with E-state index in [1.807, 2.05) is 0 Å². The number of nitrogens with one attached hydrogen (secondary N) is 1. The molecule has 1 N–H and O–H groups in total. The smallest absolute Gasteiger partial charge is 0.306 e. The van der Waals surface area contributed by atoms with Crippen LogP contribution in [0.15, 0.2) is 0 Å². The molecule has 0 aromatic carbocycles. The second kappa shape index (κ2) is 22.4. The Hall–Kier alpha value is -2.12. The molecule has 1 amide bonds. The first kappa shape index (κ1) is 43.9. The number of carbonyl (C=O) groups is 4. The first-order chi connectivity index (χ1) is 21.3. The van der Waals surface area contributed by atoms with E-state index in [0.29, 0.717) is 6.42 Å². The normalized spacial score (nSPS) is 12.5. The summed E-state index contributed by atoms with van der Waals surface area (Å²) in [6.45, 7) is 18.5. The zero-order chi connectivity index (χ0) is 35.3. The lowest BCUT2D eigenvalue weighted by molar-refractivity contribution is -0.155. The predicted molar refractivity (Wildman–Crippen MR) is 186 cm³/mol. The van der Waals surface area contributed by atoms with Gasteiger partial charge in [-0.25, -0.2) is 0 Å². The minimum absolute atomic E-state index is 0.0406. The lowest BCUT2D eigenvalue weighted by Gasteiger charge is -2.36. The van der Waals surface area contributed by atoms with Crippen molar-refractivity contribution in [3.63, 3.8) is 0 Å². The Morgan fingerprint density at radius 2 is 0.717 bits per heavy atom. The summed E-state index contributed by atoms with van der Waals surface area (Å²) in [6, 6.07) is 0. The lowest BCUT2D eigenvalue weighted by Crippen LogP contribution is -2.50. The first-order valence-electron chi connectivity index (χ1n) is 18.2. The van der Waals surface area contributed by atoms with Gasteiger partial charge in [-0.3, -0.25) is 19.2 Å². The van der Waals surface area contributed by atoms with E-state index in [0.717, 1.165) is 19.3 Å². The Balaban J connectivity index is 5.30. The summed E-state index contributed by atoms with van der Waals surface area (Å²) < 4.78 is 16.6. The molecular formula is C38H71NO7. The molecule has 46 heavy (non-hydrogen) atoms. The van der Waals surface area contributed by atoms with Gasteiger partial charge in [0.1, 0.15) is 16.8 Å². The van der Waals surface area contributed by atoms with Gasteiger partial charge in [0.05, 0.1) is 0 Å². The number of ether oxygens (including phenoxy) is 3. The standard InChI is InChI=1S/C38H71NO7/c1-11-12-13-14-15-16-17-18-19-20-21-22-23-24-31(40)39-38(28-25-32(41)44-35(2,3)4,29-26-33(42)45-36(5,6)7)30-27-34(43)46-37(8,9)10/h11-30H2,1-10H3,(H,39,40). The monoisotopic (exact) mass is 654 g/mol. The van der Waals surface area contributed by atoms with Crippen LogP contribution >= 0.6 is 0 Å². The van der Waals surface area contributed by atoms with Crippen molar-refractivity contribution in [2.45, 2.75) is 220 Å². The molecule has 0 rings (SSSR count). The van der Waals surface area contributed by atoms with Crippen molar-refractivity contribution in [3.8, 4) is 0 Å². The van der Waals surface area contributed by atoms with Crippen LogP contribution in [0.1, 0.15) is 198 Å². The van der Waals surface area contributed by atoms with Crippen molar-refractivity contribution in [2.24, 2.45) is 0 Å². The van der Waals surface area contributed by atoms with E-state index < -0.39 is 40.2 Å². The number of esters is 3. The van der Waals surface area contributed by atoms with Gasteiger partial charge < -0.3 is 19.5 Å². The highest BCUT2D eigenvalue weighted by atomic mass is 16.6. The summed E-state index contributed by atoms with van der Waals surface area (Å²) in [5.41, 5.74) is -2.92. The van der Waals surface area contributed by atoms with Crippen LogP contribution in [0, 0.1) is 0 Å². The summed E-state index contributed by atoms with van der Waals surface area (Å²) in [6.07, 6.45) is 17.1. The fraction of sp³-hybridized carbons (Fsp3) is 0.895. The van der Waals surface area contributed by atoms with E-state index in [4.69, 9.17) is 14.2 Å². The van der Waals surface area contributed by atoms with Crippen molar-refractivity contribution in [2.75, 3.05) is 0 Å². The average Bonchev–Trinajstić information content (AvgIpc) is 2.89. The van der Waals surface area contributed by atoms with Crippen LogP contribution in [0.2, 0.25) is 0 Å². The molecular weight excluding hydrogens is 582 g/mol. The van der Waals surface area contributed by atoms with Gasteiger partial charge in [-0.15, -0.1) is 0 Å². The van der Waals surface area contributed by atoms with Crippen LogP contribution < -0.4 is 5.32 Å². The average molecular weight is 654 g/mol. The quantitative estimate of drug-likeness (QED) is 0.0628. The lowest BCUT2D eigenvalue weighted by atomic mass is 9.83. The van der Waals surface area contributed by atoms with Crippen molar-refractivity contribution in [1.29, 1.82) is 0 Å². The Morgan fingerprint density at radius 1 is 0.435 bits per heavy atom. The third-order valence-corrected chi connectivity index (χ3v) is 7.60. The summed E-state index contributed by atoms with van der Waals surface area (Å²) in [5, 5.41) is 3.17. The summed E-state index contributed by atoms with van der Waals surface area (Å²) >= 11 is 0. The van der Waals surface area contributed by atoms with Crippen molar-refractivity contribution < 1.29 is 33.4 Å². The van der Waals surface area contributed by atoms with Crippen molar-refractivity contribution in [3.05, 3.63) is 0 Å². The highest BCUT2D eigenvalue weighted by Gasteiger charge is 2.35. The molecule has 0 radical (unpaired) electrons. The summed E-state index contributed by atoms with van der Waals surface area (Å²) in [5.74, 6) is -1.31. The number of carbonyl (C=O) groups excluding carboxylic acids is 4. The fourth-order valence-corrected chi connectivity index (χ4v) is 5.43. The molecule has 0 unspecified atom stereocenters. The number of hydrogen-bond donors (Lipinski definition) is 1. The largest absolute Gasteiger partial charge is 0.460 e. The van der Waals surface area contributed by atoms with E-state index in [-0.39, 0.29) is 44.4 Å². The molecule has 0 fully saturated rings. The molecule has 0 saturated carbocycles. The van der Waals surface area contributed by atoms with Crippen LogP contribution in [0.4, 0.5) is 0 Å². The summed E-state index contributed by atoms with van der Waals surface area (Å²) in [4.78, 5) is 51.5. The van der Waals surface area contributed by atoms with Crippen LogP contribution in [0.5, 0.6) is 0 Å². The number of rotatable bonds is 24. The molecule has 8 nitrogen and oxygen atoms in total. The van der Waals surface area contributed by atoms with Gasteiger partial charge in [-0.1, -0.05) is 84.0 Å². The Morgan fingerprint density at radius 3 is 1.00 bits per heavy atom. The molecule has 8 heteroatoms. The maximum atomic E-state index is 13.3. The molecule has 0 atom stereocenters. The second-order valence-corrected chi connectivity index (χ2v) is 16.1. The predicted octanol–water partition coefficient (Wildman–Crippen LogP) is 9.69. The van der Waals surface area contributed by atoms with E-state index in [1.165, 1.54) is 64.2 Å². The zero-order valence-corrected chi connectivity index (χ0v) is 31.5. The zero-order valence-electron chi connectivity index (χ0n) is 31.5. The van der Waals surface area contributed by atoms with Crippen LogP contribution in [0.3, 0.4) is 0 Å². The molecule has 0 saturated heterocycles. The Labute approximate surface area is 282 Å². The topological polar surface area (TPSA) is 108 Å². The minimum atomic E-state index is -0.974. The van der Waals surface area contributed by atoms with Crippen LogP contribution in [-0.2, 0) is 33.4 Å². The maximum absolute atomic E-state index is 13.3. The molecule has 0 spiro atoms. The van der Waals surface area contributed by atoms with Gasteiger partial charge >= 0.3 is 17.9 Å². The highest BCUT2D eigenvalue weighted by molar-refractivity contribution is 5.78. The molecule has 0 aliphatic rings. The van der Waals surface area contributed by atoms with Crippen LogP contribution in [-0.4, -0.2) is 46.2 Å². The van der Waals surface area contributed by atoms with Gasteiger partial charge in [-0.2, -0.15) is 0 Å². The van der Waals surface area contributed by atoms with Crippen molar-refractivity contribution in [1.82, 2.24) is 5.32 Å². The van der Waals surface area contributed by atoms with Crippen LogP contribution in [0.25, 0.3) is 0 Å². The van der Waals surface area contributed by atoms with E-state index in [1.54, 1.807) is 62.3 Å². The van der Waals surface area contributed by atoms with Gasteiger partial charge in [0.15, 0.2) is 0 Å². The maximum Gasteiger partial charge on any atom is 0.306 e.